The van der Waals surface area contributed by atoms with E-state index in [9.17, 15) is 9.90 Å². The first-order valence-electron chi connectivity index (χ1n) is 8.55. The third-order valence-electron chi connectivity index (χ3n) is 5.07. The highest BCUT2D eigenvalue weighted by Crippen LogP contribution is 2.51. The SMILES string of the molecule is O=C1OCC2=C1C(c1ccccc1)c1cc3c(cc1N2CCO)OCO3. The highest BCUT2D eigenvalue weighted by atomic mass is 16.7. The number of ether oxygens (including phenoxy) is 3. The van der Waals surface area contributed by atoms with Crippen molar-refractivity contribution in [1.82, 2.24) is 0 Å². The van der Waals surface area contributed by atoms with Crippen LogP contribution in [0, 0.1) is 0 Å². The number of nitrogens with zero attached hydrogens (tertiary/aromatic N) is 1. The summed E-state index contributed by atoms with van der Waals surface area (Å²) in [5, 5.41) is 9.56. The molecule has 2 aromatic carbocycles. The molecule has 6 heteroatoms. The number of hydrogen-bond donors (Lipinski definition) is 1. The third kappa shape index (κ3) is 2.12. The summed E-state index contributed by atoms with van der Waals surface area (Å²) >= 11 is 0. The van der Waals surface area contributed by atoms with E-state index in [-0.39, 0.29) is 31.9 Å². The maximum absolute atomic E-state index is 12.6. The number of aliphatic hydroxyl groups excluding tert-OH is 1. The molecule has 1 atom stereocenters. The summed E-state index contributed by atoms with van der Waals surface area (Å²) < 4.78 is 16.5. The molecule has 132 valence electrons. The Morgan fingerprint density at radius 2 is 1.85 bits per heavy atom. The molecule has 3 heterocycles. The lowest BCUT2D eigenvalue weighted by atomic mass is 9.80. The monoisotopic (exact) mass is 351 g/mol. The predicted molar refractivity (Wildman–Crippen MR) is 93.3 cm³/mol. The molecule has 3 aliphatic heterocycles. The van der Waals surface area contributed by atoms with Crippen molar-refractivity contribution >= 4 is 11.7 Å². The average molecular weight is 351 g/mol. The van der Waals surface area contributed by atoms with Crippen LogP contribution in [0.2, 0.25) is 0 Å². The van der Waals surface area contributed by atoms with Gasteiger partial charge in [0.1, 0.15) is 6.61 Å². The third-order valence-corrected chi connectivity index (χ3v) is 5.07. The minimum absolute atomic E-state index is 0.0329. The molecule has 26 heavy (non-hydrogen) atoms. The fourth-order valence-electron chi connectivity index (χ4n) is 3.97. The van der Waals surface area contributed by atoms with Gasteiger partial charge in [-0.3, -0.25) is 0 Å². The molecule has 1 unspecified atom stereocenters. The summed E-state index contributed by atoms with van der Waals surface area (Å²) in [6, 6.07) is 13.8. The molecule has 1 N–H and O–H groups in total. The Kier molecular flexibility index (Phi) is 3.39. The van der Waals surface area contributed by atoms with E-state index in [1.807, 2.05) is 47.4 Å². The fraction of sp³-hybridized carbons (Fsp3) is 0.250. The lowest BCUT2D eigenvalue weighted by molar-refractivity contribution is -0.136. The summed E-state index contributed by atoms with van der Waals surface area (Å²) in [4.78, 5) is 14.5. The second-order valence-electron chi connectivity index (χ2n) is 6.42. The summed E-state index contributed by atoms with van der Waals surface area (Å²) in [5.41, 5.74) is 4.32. The Morgan fingerprint density at radius 3 is 2.62 bits per heavy atom. The van der Waals surface area contributed by atoms with Crippen molar-refractivity contribution in [2.75, 3.05) is 31.5 Å². The maximum Gasteiger partial charge on any atom is 0.337 e. The minimum atomic E-state index is -0.305. The van der Waals surface area contributed by atoms with Crippen LogP contribution in [0.3, 0.4) is 0 Å². The number of esters is 1. The van der Waals surface area contributed by atoms with Crippen molar-refractivity contribution in [3.63, 3.8) is 0 Å². The van der Waals surface area contributed by atoms with Crippen LogP contribution in [0.4, 0.5) is 5.69 Å². The number of carbonyl (C=O) groups excluding carboxylic acids is 1. The van der Waals surface area contributed by atoms with E-state index >= 15 is 0 Å². The van der Waals surface area contributed by atoms with Gasteiger partial charge in [-0.1, -0.05) is 30.3 Å². The molecule has 0 fully saturated rings. The molecule has 0 bridgehead atoms. The van der Waals surface area contributed by atoms with Gasteiger partial charge in [0.15, 0.2) is 11.5 Å². The number of anilines is 1. The molecular weight excluding hydrogens is 334 g/mol. The van der Waals surface area contributed by atoms with Crippen LogP contribution in [0.1, 0.15) is 17.0 Å². The van der Waals surface area contributed by atoms with Gasteiger partial charge >= 0.3 is 5.97 Å². The van der Waals surface area contributed by atoms with Crippen molar-refractivity contribution in [2.24, 2.45) is 0 Å². The van der Waals surface area contributed by atoms with Gasteiger partial charge in [-0.05, 0) is 17.2 Å². The highest BCUT2D eigenvalue weighted by Gasteiger charge is 2.42. The van der Waals surface area contributed by atoms with Gasteiger partial charge in [-0.15, -0.1) is 0 Å². The van der Waals surface area contributed by atoms with E-state index in [0.29, 0.717) is 23.6 Å². The number of aliphatic hydroxyl groups is 1. The van der Waals surface area contributed by atoms with Gasteiger partial charge in [0.25, 0.3) is 0 Å². The van der Waals surface area contributed by atoms with Crippen molar-refractivity contribution in [1.29, 1.82) is 0 Å². The number of hydrogen-bond acceptors (Lipinski definition) is 6. The summed E-state index contributed by atoms with van der Waals surface area (Å²) in [6.07, 6.45) is 0. The molecule has 0 saturated heterocycles. The lowest BCUT2D eigenvalue weighted by Crippen LogP contribution is -2.33. The molecule has 6 nitrogen and oxygen atoms in total. The normalized spacial score (nSPS) is 20.1. The quantitative estimate of drug-likeness (QED) is 0.855. The fourth-order valence-corrected chi connectivity index (χ4v) is 3.97. The molecule has 0 radical (unpaired) electrons. The van der Waals surface area contributed by atoms with Crippen LogP contribution in [-0.2, 0) is 9.53 Å². The van der Waals surface area contributed by atoms with Crippen LogP contribution in [0.15, 0.2) is 53.7 Å². The molecule has 0 amide bonds. The number of fused-ring (bicyclic) bond motifs is 2. The van der Waals surface area contributed by atoms with Gasteiger partial charge in [0, 0.05) is 24.2 Å². The summed E-state index contributed by atoms with van der Waals surface area (Å²) in [5.74, 6) is 0.803. The average Bonchev–Trinajstić information content (AvgIpc) is 3.28. The summed E-state index contributed by atoms with van der Waals surface area (Å²) in [6.45, 7) is 0.743. The van der Waals surface area contributed by atoms with E-state index in [2.05, 4.69) is 0 Å². The molecular formula is C20H17NO5. The van der Waals surface area contributed by atoms with Gasteiger partial charge < -0.3 is 24.2 Å². The Hall–Kier alpha value is -2.99. The van der Waals surface area contributed by atoms with E-state index in [0.717, 1.165) is 22.5 Å². The largest absolute Gasteiger partial charge is 0.456 e. The van der Waals surface area contributed by atoms with Crippen LogP contribution in [-0.4, -0.2) is 37.6 Å². The smallest absolute Gasteiger partial charge is 0.337 e. The Morgan fingerprint density at radius 1 is 1.08 bits per heavy atom. The van der Waals surface area contributed by atoms with E-state index in [4.69, 9.17) is 14.2 Å². The van der Waals surface area contributed by atoms with Crippen molar-refractivity contribution in [3.05, 3.63) is 64.9 Å². The zero-order valence-electron chi connectivity index (χ0n) is 14.0. The first kappa shape index (κ1) is 15.3. The Balaban J connectivity index is 1.77. The zero-order valence-corrected chi connectivity index (χ0v) is 14.0. The van der Waals surface area contributed by atoms with Crippen molar-refractivity contribution < 1.29 is 24.1 Å². The van der Waals surface area contributed by atoms with Crippen LogP contribution in [0.25, 0.3) is 0 Å². The number of β-amino-alcohol motifs (C(OH)–C–C–N with tert-alkyl or cyclic N) is 1. The lowest BCUT2D eigenvalue weighted by Gasteiger charge is -2.35. The minimum Gasteiger partial charge on any atom is -0.456 e. The molecule has 2 aromatic rings. The first-order chi connectivity index (χ1) is 12.8. The van der Waals surface area contributed by atoms with Gasteiger partial charge in [-0.2, -0.15) is 0 Å². The molecule has 0 saturated carbocycles. The van der Waals surface area contributed by atoms with Gasteiger partial charge in [-0.25, -0.2) is 4.79 Å². The van der Waals surface area contributed by atoms with Gasteiger partial charge in [0.2, 0.25) is 6.79 Å². The van der Waals surface area contributed by atoms with Crippen LogP contribution < -0.4 is 14.4 Å². The first-order valence-corrected chi connectivity index (χ1v) is 8.55. The molecule has 5 rings (SSSR count). The van der Waals surface area contributed by atoms with E-state index in [1.165, 1.54) is 0 Å². The molecule has 0 spiro atoms. The van der Waals surface area contributed by atoms with Crippen molar-refractivity contribution in [2.45, 2.75) is 5.92 Å². The Labute approximate surface area is 150 Å². The zero-order chi connectivity index (χ0) is 17.7. The topological polar surface area (TPSA) is 68.2 Å². The van der Waals surface area contributed by atoms with Crippen LogP contribution >= 0.6 is 0 Å². The van der Waals surface area contributed by atoms with E-state index < -0.39 is 0 Å². The standard InChI is InChI=1S/C20H17NO5/c22-7-6-21-14-9-17-16(25-11-26-17)8-13(14)18(12-4-2-1-3-5-12)19-15(21)10-24-20(19)23/h1-5,8-9,18,22H,6-7,10-11H2. The maximum atomic E-state index is 12.6. The van der Waals surface area contributed by atoms with Crippen LogP contribution in [0.5, 0.6) is 11.5 Å². The molecule has 0 aromatic heterocycles. The van der Waals surface area contributed by atoms with Crippen molar-refractivity contribution in [3.8, 4) is 11.5 Å². The summed E-state index contributed by atoms with van der Waals surface area (Å²) in [7, 11) is 0. The number of cyclic esters (lactones) is 1. The number of benzene rings is 2. The Bertz CT molecular complexity index is 921. The van der Waals surface area contributed by atoms with Gasteiger partial charge in [0.05, 0.1) is 17.9 Å². The van der Waals surface area contributed by atoms with E-state index in [1.54, 1.807) is 0 Å². The number of carbonyl (C=O) groups is 1. The molecule has 3 aliphatic rings. The number of rotatable bonds is 3. The highest BCUT2D eigenvalue weighted by molar-refractivity contribution is 5.97. The second-order valence-corrected chi connectivity index (χ2v) is 6.42. The second kappa shape index (κ2) is 5.78. The molecule has 0 aliphatic carbocycles. The predicted octanol–water partition coefficient (Wildman–Crippen LogP) is 2.17.